The molecule has 0 atom stereocenters. The van der Waals surface area contributed by atoms with Gasteiger partial charge in [0, 0.05) is 19.8 Å². The van der Waals surface area contributed by atoms with Gasteiger partial charge in [0.05, 0.1) is 21.9 Å². The Morgan fingerprint density at radius 2 is 2.11 bits per heavy atom. The summed E-state index contributed by atoms with van der Waals surface area (Å²) in [6, 6.07) is 0. The smallest absolute Gasteiger partial charge is 0.165 e. The van der Waals surface area contributed by atoms with Crippen molar-refractivity contribution in [1.82, 2.24) is 19.7 Å². The molecule has 2 rings (SSSR count). The highest BCUT2D eigenvalue weighted by atomic mass is 79.9. The summed E-state index contributed by atoms with van der Waals surface area (Å²) in [5.74, 6) is 1.52. The maximum atomic E-state index is 4.59. The molecule has 0 unspecified atom stereocenters. The minimum atomic E-state index is 0.713. The molecule has 0 radical (unpaired) electrons. The van der Waals surface area contributed by atoms with Crippen molar-refractivity contribution in [3.63, 3.8) is 0 Å². The zero-order valence-corrected chi connectivity index (χ0v) is 12.5. The van der Waals surface area contributed by atoms with E-state index in [1.165, 1.54) is 0 Å². The largest absolute Gasteiger partial charge is 0.372 e. The normalized spacial score (nSPS) is 10.7. The van der Waals surface area contributed by atoms with Crippen LogP contribution in [0.5, 0.6) is 0 Å². The quantitative estimate of drug-likeness (QED) is 0.946. The molecule has 18 heavy (non-hydrogen) atoms. The molecule has 0 aliphatic heterocycles. The van der Waals surface area contributed by atoms with Crippen LogP contribution in [0.25, 0.3) is 11.4 Å². The van der Waals surface area contributed by atoms with Gasteiger partial charge in [-0.1, -0.05) is 6.92 Å². The summed E-state index contributed by atoms with van der Waals surface area (Å²) in [6.07, 6.45) is 2.65. The maximum Gasteiger partial charge on any atom is 0.165 e. The third-order valence-electron chi connectivity index (χ3n) is 2.97. The van der Waals surface area contributed by atoms with Gasteiger partial charge in [0.1, 0.15) is 5.82 Å². The Morgan fingerprint density at radius 3 is 2.61 bits per heavy atom. The van der Waals surface area contributed by atoms with Gasteiger partial charge in [0.2, 0.25) is 0 Å². The van der Waals surface area contributed by atoms with Crippen molar-refractivity contribution in [2.24, 2.45) is 7.05 Å². The van der Waals surface area contributed by atoms with E-state index in [1.807, 2.05) is 25.7 Å². The monoisotopic (exact) mass is 309 g/mol. The van der Waals surface area contributed by atoms with E-state index in [0.717, 1.165) is 33.7 Å². The van der Waals surface area contributed by atoms with E-state index in [9.17, 15) is 0 Å². The number of anilines is 1. The molecule has 0 aromatic carbocycles. The molecular formula is C12H16BrN5. The third kappa shape index (κ3) is 2.12. The van der Waals surface area contributed by atoms with Gasteiger partial charge < -0.3 is 5.32 Å². The van der Waals surface area contributed by atoms with Crippen molar-refractivity contribution < 1.29 is 0 Å². The summed E-state index contributed by atoms with van der Waals surface area (Å²) in [5, 5.41) is 7.31. The van der Waals surface area contributed by atoms with Crippen LogP contribution in [-0.2, 0) is 13.5 Å². The van der Waals surface area contributed by atoms with Gasteiger partial charge in [-0.15, -0.1) is 0 Å². The number of aromatic nitrogens is 4. The number of aryl methyl sites for hydroxylation is 2. The molecule has 0 aliphatic carbocycles. The number of nitrogens with zero attached hydrogens (tertiary/aromatic N) is 4. The average Bonchev–Trinajstić information content (AvgIpc) is 2.70. The van der Waals surface area contributed by atoms with E-state index in [2.05, 4.69) is 43.2 Å². The summed E-state index contributed by atoms with van der Waals surface area (Å²) in [7, 11) is 3.77. The lowest BCUT2D eigenvalue weighted by Gasteiger charge is -2.09. The van der Waals surface area contributed by atoms with Crippen LogP contribution in [0.3, 0.4) is 0 Å². The van der Waals surface area contributed by atoms with Gasteiger partial charge in [-0.05, 0) is 29.3 Å². The molecule has 5 nitrogen and oxygen atoms in total. The van der Waals surface area contributed by atoms with Gasteiger partial charge in [-0.25, -0.2) is 9.97 Å². The van der Waals surface area contributed by atoms with Crippen molar-refractivity contribution in [1.29, 1.82) is 0 Å². The molecule has 0 saturated carbocycles. The van der Waals surface area contributed by atoms with Gasteiger partial charge >= 0.3 is 0 Å². The molecule has 2 heterocycles. The van der Waals surface area contributed by atoms with Crippen molar-refractivity contribution >= 4 is 21.7 Å². The predicted octanol–water partition coefficient (Wildman–Crippen LogP) is 2.55. The fourth-order valence-corrected chi connectivity index (χ4v) is 2.39. The molecule has 96 valence electrons. The lowest BCUT2D eigenvalue weighted by atomic mass is 10.2. The van der Waals surface area contributed by atoms with Crippen LogP contribution in [0.15, 0.2) is 10.7 Å². The van der Waals surface area contributed by atoms with Crippen LogP contribution in [0.4, 0.5) is 5.82 Å². The number of nitrogens with one attached hydrogen (secondary N) is 1. The fraction of sp³-hybridized carbons (Fsp3) is 0.417. The van der Waals surface area contributed by atoms with Crippen LogP contribution >= 0.6 is 15.9 Å². The molecule has 0 aliphatic rings. The Hall–Kier alpha value is -1.43. The van der Waals surface area contributed by atoms with Crippen molar-refractivity contribution in [3.05, 3.63) is 22.1 Å². The lowest BCUT2D eigenvalue weighted by molar-refractivity contribution is 0.740. The van der Waals surface area contributed by atoms with Crippen molar-refractivity contribution in [2.45, 2.75) is 20.3 Å². The van der Waals surface area contributed by atoms with E-state index >= 15 is 0 Å². The van der Waals surface area contributed by atoms with E-state index in [4.69, 9.17) is 0 Å². The van der Waals surface area contributed by atoms with Gasteiger partial charge in [0.15, 0.2) is 5.82 Å². The Balaban J connectivity index is 2.61. The Labute approximate surface area is 115 Å². The van der Waals surface area contributed by atoms with Crippen LogP contribution < -0.4 is 5.32 Å². The molecule has 2 aromatic rings. The summed E-state index contributed by atoms with van der Waals surface area (Å²) in [4.78, 5) is 9.11. The molecule has 6 heteroatoms. The molecule has 0 spiro atoms. The van der Waals surface area contributed by atoms with E-state index in [-0.39, 0.29) is 0 Å². The number of hydrogen-bond acceptors (Lipinski definition) is 4. The predicted molar refractivity (Wildman–Crippen MR) is 75.6 cm³/mol. The maximum absolute atomic E-state index is 4.59. The Morgan fingerprint density at radius 1 is 1.39 bits per heavy atom. The van der Waals surface area contributed by atoms with Crippen LogP contribution in [0, 0.1) is 6.92 Å². The molecule has 0 amide bonds. The molecular weight excluding hydrogens is 294 g/mol. The molecule has 0 bridgehead atoms. The number of hydrogen-bond donors (Lipinski definition) is 1. The Bertz CT molecular complexity index is 551. The number of halogens is 1. The minimum Gasteiger partial charge on any atom is -0.372 e. The fourth-order valence-electron chi connectivity index (χ4n) is 1.73. The standard InChI is InChI=1S/C12H16BrN5/c1-5-9-10(13)12(14-3)17-11(16-9)8-6-15-18(4)7(8)2/h6H,5H2,1-4H3,(H,14,16,17). The SMILES string of the molecule is CCc1nc(-c2cnn(C)c2C)nc(NC)c1Br. The van der Waals surface area contributed by atoms with Crippen molar-refractivity contribution in [2.75, 3.05) is 12.4 Å². The topological polar surface area (TPSA) is 55.6 Å². The summed E-state index contributed by atoms with van der Waals surface area (Å²) >= 11 is 3.52. The first-order valence-electron chi connectivity index (χ1n) is 5.81. The van der Waals surface area contributed by atoms with E-state index in [1.54, 1.807) is 6.20 Å². The Kier molecular flexibility index (Phi) is 3.65. The van der Waals surface area contributed by atoms with Crippen LogP contribution in [-0.4, -0.2) is 26.8 Å². The van der Waals surface area contributed by atoms with Crippen LogP contribution in [0.1, 0.15) is 18.3 Å². The summed E-state index contributed by atoms with van der Waals surface area (Å²) in [5.41, 5.74) is 3.02. The minimum absolute atomic E-state index is 0.713. The second-order valence-corrected chi connectivity index (χ2v) is 4.82. The number of rotatable bonds is 3. The first-order valence-corrected chi connectivity index (χ1v) is 6.60. The summed E-state index contributed by atoms with van der Waals surface area (Å²) < 4.78 is 2.75. The first-order chi connectivity index (χ1) is 8.58. The molecule has 0 saturated heterocycles. The van der Waals surface area contributed by atoms with Crippen LogP contribution in [0.2, 0.25) is 0 Å². The molecule has 2 aromatic heterocycles. The zero-order chi connectivity index (χ0) is 13.3. The molecule has 1 N–H and O–H groups in total. The highest BCUT2D eigenvalue weighted by Gasteiger charge is 2.14. The average molecular weight is 310 g/mol. The summed E-state index contributed by atoms with van der Waals surface area (Å²) in [6.45, 7) is 4.09. The first kappa shape index (κ1) is 13.0. The van der Waals surface area contributed by atoms with E-state index < -0.39 is 0 Å². The second-order valence-electron chi connectivity index (χ2n) is 4.03. The second kappa shape index (κ2) is 5.06. The van der Waals surface area contributed by atoms with Crippen molar-refractivity contribution in [3.8, 4) is 11.4 Å². The van der Waals surface area contributed by atoms with Gasteiger partial charge in [-0.3, -0.25) is 4.68 Å². The molecule has 0 fully saturated rings. The highest BCUT2D eigenvalue weighted by molar-refractivity contribution is 9.10. The third-order valence-corrected chi connectivity index (χ3v) is 3.80. The van der Waals surface area contributed by atoms with Gasteiger partial charge in [-0.2, -0.15) is 5.10 Å². The van der Waals surface area contributed by atoms with Gasteiger partial charge in [0.25, 0.3) is 0 Å². The lowest BCUT2D eigenvalue weighted by Crippen LogP contribution is -2.03. The highest BCUT2D eigenvalue weighted by Crippen LogP contribution is 2.28. The zero-order valence-electron chi connectivity index (χ0n) is 11.0. The van der Waals surface area contributed by atoms with E-state index in [0.29, 0.717) is 5.82 Å².